The Kier molecular flexibility index (Phi) is 4.01. The first-order valence-electron chi connectivity index (χ1n) is 5.37. The highest BCUT2D eigenvalue weighted by molar-refractivity contribution is 7.99. The molecule has 0 bridgehead atoms. The largest absolute Gasteiger partial charge is 0.398 e. The topological polar surface area (TPSA) is 61.3 Å². The maximum Gasteiger partial charge on any atom is 0.159 e. The van der Waals surface area contributed by atoms with Crippen molar-refractivity contribution in [2.45, 2.75) is 23.8 Å². The summed E-state index contributed by atoms with van der Waals surface area (Å²) < 4.78 is 19.3. The second kappa shape index (κ2) is 5.33. The van der Waals surface area contributed by atoms with Crippen molar-refractivity contribution in [2.75, 3.05) is 23.8 Å². The first-order valence-corrected chi connectivity index (χ1v) is 6.73. The summed E-state index contributed by atoms with van der Waals surface area (Å²) in [5.74, 6) is 0.147. The van der Waals surface area contributed by atoms with Gasteiger partial charge in [-0.05, 0) is 18.9 Å². The Morgan fingerprint density at radius 3 is 2.88 bits per heavy atom. The fourth-order valence-corrected chi connectivity index (χ4v) is 3.02. The molecule has 0 radical (unpaired) electrons. The summed E-state index contributed by atoms with van der Waals surface area (Å²) in [6.07, 6.45) is 2.25. The lowest BCUT2D eigenvalue weighted by atomic mass is 10.3. The van der Waals surface area contributed by atoms with Gasteiger partial charge in [0.25, 0.3) is 0 Å². The average molecular weight is 277 g/mol. The molecule has 1 unspecified atom stereocenters. The van der Waals surface area contributed by atoms with Crippen LogP contribution in [0.2, 0.25) is 5.02 Å². The van der Waals surface area contributed by atoms with Gasteiger partial charge in [-0.3, -0.25) is 0 Å². The lowest BCUT2D eigenvalue weighted by Gasteiger charge is -2.12. The third kappa shape index (κ3) is 2.78. The van der Waals surface area contributed by atoms with Crippen molar-refractivity contribution in [3.63, 3.8) is 0 Å². The molecule has 0 amide bonds. The summed E-state index contributed by atoms with van der Waals surface area (Å²) in [5, 5.41) is -0.0611. The number of ether oxygens (including phenoxy) is 1. The molecule has 1 aliphatic rings. The molecule has 2 rings (SSSR count). The molecule has 1 heterocycles. The van der Waals surface area contributed by atoms with Gasteiger partial charge in [0.15, 0.2) is 5.82 Å². The van der Waals surface area contributed by atoms with Crippen molar-refractivity contribution in [3.05, 3.63) is 16.9 Å². The first kappa shape index (κ1) is 12.8. The molecule has 17 heavy (non-hydrogen) atoms. The quantitative estimate of drug-likeness (QED) is 0.658. The molecule has 3 nitrogen and oxygen atoms in total. The van der Waals surface area contributed by atoms with Crippen LogP contribution in [0.5, 0.6) is 0 Å². The minimum Gasteiger partial charge on any atom is -0.398 e. The van der Waals surface area contributed by atoms with Gasteiger partial charge < -0.3 is 16.2 Å². The van der Waals surface area contributed by atoms with Crippen LogP contribution in [-0.2, 0) is 4.74 Å². The zero-order valence-electron chi connectivity index (χ0n) is 9.21. The SMILES string of the molecule is Nc1cc(N)c(SCC2CCCO2)c(F)c1Cl. The summed E-state index contributed by atoms with van der Waals surface area (Å²) in [4.78, 5) is 0.361. The van der Waals surface area contributed by atoms with E-state index in [9.17, 15) is 4.39 Å². The molecule has 1 fully saturated rings. The summed E-state index contributed by atoms with van der Waals surface area (Å²) in [6.45, 7) is 0.783. The third-order valence-corrected chi connectivity index (χ3v) is 4.28. The van der Waals surface area contributed by atoms with Gasteiger partial charge in [0.05, 0.1) is 22.4 Å². The maximum absolute atomic E-state index is 13.8. The van der Waals surface area contributed by atoms with Crippen molar-refractivity contribution < 1.29 is 9.13 Å². The summed E-state index contributed by atoms with van der Waals surface area (Å²) >= 11 is 7.08. The highest BCUT2D eigenvalue weighted by Crippen LogP contribution is 2.37. The summed E-state index contributed by atoms with van der Waals surface area (Å²) in [7, 11) is 0. The fourth-order valence-electron chi connectivity index (χ4n) is 1.75. The fraction of sp³-hybridized carbons (Fsp3) is 0.455. The van der Waals surface area contributed by atoms with Crippen LogP contribution in [0.15, 0.2) is 11.0 Å². The minimum absolute atomic E-state index is 0.0611. The number of halogens is 2. The predicted molar refractivity (Wildman–Crippen MR) is 69.9 cm³/mol. The molecule has 1 aliphatic heterocycles. The Bertz CT molecular complexity index is 424. The van der Waals surface area contributed by atoms with E-state index in [1.807, 2.05) is 0 Å². The molecule has 0 saturated carbocycles. The Morgan fingerprint density at radius 2 is 2.24 bits per heavy atom. The van der Waals surface area contributed by atoms with Crippen LogP contribution < -0.4 is 11.5 Å². The molecule has 94 valence electrons. The van der Waals surface area contributed by atoms with E-state index < -0.39 is 5.82 Å². The Balaban J connectivity index is 2.12. The van der Waals surface area contributed by atoms with Gasteiger partial charge in [-0.2, -0.15) is 0 Å². The van der Waals surface area contributed by atoms with Gasteiger partial charge >= 0.3 is 0 Å². The lowest BCUT2D eigenvalue weighted by Crippen LogP contribution is -2.08. The van der Waals surface area contributed by atoms with Gasteiger partial charge in [0.1, 0.15) is 5.02 Å². The molecule has 0 spiro atoms. The number of hydrogen-bond donors (Lipinski definition) is 2. The number of nitrogens with two attached hydrogens (primary N) is 2. The van der Waals surface area contributed by atoms with E-state index >= 15 is 0 Å². The second-order valence-electron chi connectivity index (χ2n) is 3.96. The smallest absolute Gasteiger partial charge is 0.159 e. The molecule has 4 N–H and O–H groups in total. The van der Waals surface area contributed by atoms with E-state index in [0.717, 1.165) is 19.4 Å². The van der Waals surface area contributed by atoms with E-state index in [0.29, 0.717) is 16.3 Å². The van der Waals surface area contributed by atoms with Crippen LogP contribution in [0.4, 0.5) is 15.8 Å². The minimum atomic E-state index is -0.535. The van der Waals surface area contributed by atoms with E-state index in [1.165, 1.54) is 17.8 Å². The normalized spacial score (nSPS) is 19.8. The van der Waals surface area contributed by atoms with E-state index in [1.54, 1.807) is 0 Å². The molecule has 1 saturated heterocycles. The van der Waals surface area contributed by atoms with Gasteiger partial charge in [0, 0.05) is 12.4 Å². The number of rotatable bonds is 3. The van der Waals surface area contributed by atoms with Crippen LogP contribution in [0.1, 0.15) is 12.8 Å². The summed E-state index contributed by atoms with van der Waals surface area (Å²) in [6, 6.07) is 1.49. The molecule has 1 aromatic carbocycles. The number of thioether (sulfide) groups is 1. The number of nitrogen functional groups attached to an aromatic ring is 2. The monoisotopic (exact) mass is 276 g/mol. The van der Waals surface area contributed by atoms with Gasteiger partial charge in [-0.1, -0.05) is 11.6 Å². The van der Waals surface area contributed by atoms with Crippen molar-refractivity contribution in [1.82, 2.24) is 0 Å². The molecule has 0 aliphatic carbocycles. The zero-order chi connectivity index (χ0) is 12.4. The summed E-state index contributed by atoms with van der Waals surface area (Å²) in [5.41, 5.74) is 11.8. The van der Waals surface area contributed by atoms with Crippen molar-refractivity contribution in [1.29, 1.82) is 0 Å². The molecular weight excluding hydrogens is 263 g/mol. The van der Waals surface area contributed by atoms with Crippen LogP contribution >= 0.6 is 23.4 Å². The standard InChI is InChI=1S/C11H14ClFN2OS/c12-9-7(14)4-8(15)11(10(9)13)17-5-6-2-1-3-16-6/h4,6H,1-3,5,14-15H2. The predicted octanol–water partition coefficient (Wildman–Crippen LogP) is 2.91. The Hall–Kier alpha value is -0.650. The van der Waals surface area contributed by atoms with Crippen molar-refractivity contribution in [3.8, 4) is 0 Å². The van der Waals surface area contributed by atoms with Gasteiger partial charge in [-0.15, -0.1) is 11.8 Å². The molecule has 6 heteroatoms. The van der Waals surface area contributed by atoms with Crippen LogP contribution in [0.25, 0.3) is 0 Å². The van der Waals surface area contributed by atoms with E-state index in [2.05, 4.69) is 0 Å². The Morgan fingerprint density at radius 1 is 1.47 bits per heavy atom. The Labute approximate surface area is 109 Å². The lowest BCUT2D eigenvalue weighted by molar-refractivity contribution is 0.129. The number of benzene rings is 1. The molecule has 0 aromatic heterocycles. The number of hydrogen-bond acceptors (Lipinski definition) is 4. The first-order chi connectivity index (χ1) is 8.09. The highest BCUT2D eigenvalue weighted by Gasteiger charge is 2.19. The molecule has 1 aromatic rings. The zero-order valence-corrected chi connectivity index (χ0v) is 10.8. The number of anilines is 2. The van der Waals surface area contributed by atoms with Gasteiger partial charge in [0.2, 0.25) is 0 Å². The second-order valence-corrected chi connectivity index (χ2v) is 5.37. The highest BCUT2D eigenvalue weighted by atomic mass is 35.5. The van der Waals surface area contributed by atoms with E-state index in [-0.39, 0.29) is 16.8 Å². The van der Waals surface area contributed by atoms with Crippen LogP contribution in [0, 0.1) is 5.82 Å². The molecular formula is C11H14ClFN2OS. The van der Waals surface area contributed by atoms with Crippen molar-refractivity contribution >= 4 is 34.7 Å². The maximum atomic E-state index is 13.8. The van der Waals surface area contributed by atoms with Crippen LogP contribution in [0.3, 0.4) is 0 Å². The van der Waals surface area contributed by atoms with E-state index in [4.69, 9.17) is 27.8 Å². The van der Waals surface area contributed by atoms with Crippen molar-refractivity contribution in [2.24, 2.45) is 0 Å². The molecule has 1 atom stereocenters. The third-order valence-electron chi connectivity index (χ3n) is 2.66. The average Bonchev–Trinajstić information content (AvgIpc) is 2.79. The van der Waals surface area contributed by atoms with Crippen LogP contribution in [-0.4, -0.2) is 18.5 Å². The van der Waals surface area contributed by atoms with Gasteiger partial charge in [-0.25, -0.2) is 4.39 Å².